The Kier molecular flexibility index (Phi) is 6.12. The molecule has 0 aliphatic carbocycles. The van der Waals surface area contributed by atoms with E-state index < -0.39 is 0 Å². The highest BCUT2D eigenvalue weighted by atomic mass is 16.5. The van der Waals surface area contributed by atoms with E-state index in [0.29, 0.717) is 0 Å². The zero-order valence-corrected chi connectivity index (χ0v) is 11.7. The lowest BCUT2D eigenvalue weighted by Gasteiger charge is -2.20. The number of rotatable bonds is 7. The number of hydrogen-bond donors (Lipinski definition) is 2. The number of benzene rings is 1. The van der Waals surface area contributed by atoms with Crippen molar-refractivity contribution >= 4 is 0 Å². The minimum absolute atomic E-state index is 0.157. The van der Waals surface area contributed by atoms with Gasteiger partial charge in [-0.25, -0.2) is 0 Å². The molecule has 0 bridgehead atoms. The maximum atomic E-state index is 5.65. The van der Waals surface area contributed by atoms with E-state index in [4.69, 9.17) is 15.3 Å². The van der Waals surface area contributed by atoms with Crippen molar-refractivity contribution in [3.05, 3.63) is 28.8 Å². The second kappa shape index (κ2) is 7.36. The van der Waals surface area contributed by atoms with Crippen LogP contribution in [0.25, 0.3) is 0 Å². The van der Waals surface area contributed by atoms with Crippen LogP contribution in [0.1, 0.15) is 35.6 Å². The van der Waals surface area contributed by atoms with E-state index in [1.165, 1.54) is 11.1 Å². The molecule has 0 radical (unpaired) electrons. The Bertz CT molecular complexity index is 380. The summed E-state index contributed by atoms with van der Waals surface area (Å²) >= 11 is 0. The average Bonchev–Trinajstić information content (AvgIpc) is 2.37. The smallest absolute Gasteiger partial charge is 0.122 e. The van der Waals surface area contributed by atoms with Crippen molar-refractivity contribution in [2.45, 2.75) is 32.7 Å². The van der Waals surface area contributed by atoms with Gasteiger partial charge in [-0.3, -0.25) is 11.3 Å². The quantitative estimate of drug-likeness (QED) is 0.444. The molecule has 3 N–H and O–H groups in total. The highest BCUT2D eigenvalue weighted by molar-refractivity contribution is 5.42. The van der Waals surface area contributed by atoms with Crippen LogP contribution in [-0.2, 0) is 4.74 Å². The van der Waals surface area contributed by atoms with Gasteiger partial charge in [-0.15, -0.1) is 0 Å². The molecule has 1 rings (SSSR count). The maximum absolute atomic E-state index is 5.65. The van der Waals surface area contributed by atoms with Gasteiger partial charge in [-0.2, -0.15) is 0 Å². The number of aryl methyl sites for hydroxylation is 2. The topological polar surface area (TPSA) is 56.5 Å². The molecule has 0 saturated carbocycles. The number of ether oxygens (including phenoxy) is 2. The third kappa shape index (κ3) is 3.70. The van der Waals surface area contributed by atoms with E-state index in [1.54, 1.807) is 14.2 Å². The van der Waals surface area contributed by atoms with Gasteiger partial charge in [0.05, 0.1) is 7.11 Å². The molecule has 0 aliphatic heterocycles. The molecule has 1 aromatic rings. The van der Waals surface area contributed by atoms with E-state index >= 15 is 0 Å². The molecule has 0 saturated heterocycles. The van der Waals surface area contributed by atoms with Gasteiger partial charge in [-0.05, 0) is 49.4 Å². The molecule has 4 nitrogen and oxygen atoms in total. The van der Waals surface area contributed by atoms with Crippen molar-refractivity contribution in [1.82, 2.24) is 5.43 Å². The van der Waals surface area contributed by atoms with E-state index in [0.717, 1.165) is 30.8 Å². The zero-order chi connectivity index (χ0) is 13.5. The van der Waals surface area contributed by atoms with Crippen molar-refractivity contribution in [1.29, 1.82) is 0 Å². The van der Waals surface area contributed by atoms with Crippen LogP contribution in [0.3, 0.4) is 0 Å². The van der Waals surface area contributed by atoms with Crippen LogP contribution >= 0.6 is 0 Å². The third-order valence-corrected chi connectivity index (χ3v) is 3.20. The number of hydrogen-bond acceptors (Lipinski definition) is 4. The number of nitrogens with one attached hydrogen (secondary N) is 1. The van der Waals surface area contributed by atoms with Crippen molar-refractivity contribution in [3.8, 4) is 5.75 Å². The molecule has 0 amide bonds. The van der Waals surface area contributed by atoms with E-state index in [1.807, 2.05) is 6.92 Å². The predicted octanol–water partition coefficient (Wildman–Crippen LogP) is 2.24. The van der Waals surface area contributed by atoms with Crippen LogP contribution in [0.4, 0.5) is 0 Å². The molecular formula is C14H24N2O2. The molecule has 0 heterocycles. The summed E-state index contributed by atoms with van der Waals surface area (Å²) in [6.07, 6.45) is 1.94. The number of hydrazine groups is 1. The second-order valence-electron chi connectivity index (χ2n) is 4.53. The van der Waals surface area contributed by atoms with Crippen LogP contribution in [0, 0.1) is 13.8 Å². The molecular weight excluding hydrogens is 228 g/mol. The molecule has 1 unspecified atom stereocenters. The fraction of sp³-hybridized carbons (Fsp3) is 0.571. The highest BCUT2D eigenvalue weighted by Crippen LogP contribution is 2.28. The second-order valence-corrected chi connectivity index (χ2v) is 4.53. The van der Waals surface area contributed by atoms with E-state index in [-0.39, 0.29) is 6.04 Å². The standard InChI is InChI=1S/C14H24N2O2/c1-10-9-14(18-4)11(2)8-12(10)13(16-15)6-5-7-17-3/h8-9,13,16H,5-7,15H2,1-4H3. The van der Waals surface area contributed by atoms with Crippen LogP contribution in [-0.4, -0.2) is 20.8 Å². The van der Waals surface area contributed by atoms with Gasteiger partial charge in [0, 0.05) is 19.8 Å². The van der Waals surface area contributed by atoms with Crippen LogP contribution < -0.4 is 16.0 Å². The van der Waals surface area contributed by atoms with Gasteiger partial charge in [0.25, 0.3) is 0 Å². The van der Waals surface area contributed by atoms with Crippen molar-refractivity contribution in [2.24, 2.45) is 5.84 Å². The lowest BCUT2D eigenvalue weighted by molar-refractivity contribution is 0.188. The molecule has 1 atom stereocenters. The Morgan fingerprint density at radius 1 is 1.22 bits per heavy atom. The summed E-state index contributed by atoms with van der Waals surface area (Å²) in [5.41, 5.74) is 6.44. The zero-order valence-electron chi connectivity index (χ0n) is 11.7. The highest BCUT2D eigenvalue weighted by Gasteiger charge is 2.14. The summed E-state index contributed by atoms with van der Waals surface area (Å²) < 4.78 is 10.4. The molecule has 0 aromatic heterocycles. The molecule has 18 heavy (non-hydrogen) atoms. The van der Waals surface area contributed by atoms with Crippen molar-refractivity contribution in [3.63, 3.8) is 0 Å². The Labute approximate surface area is 109 Å². The van der Waals surface area contributed by atoms with Crippen LogP contribution in [0.2, 0.25) is 0 Å². The fourth-order valence-corrected chi connectivity index (χ4v) is 2.17. The molecule has 102 valence electrons. The van der Waals surface area contributed by atoms with E-state index in [2.05, 4.69) is 24.5 Å². The summed E-state index contributed by atoms with van der Waals surface area (Å²) in [4.78, 5) is 0. The van der Waals surface area contributed by atoms with Crippen LogP contribution in [0.5, 0.6) is 5.75 Å². The number of nitrogens with two attached hydrogens (primary N) is 1. The monoisotopic (exact) mass is 252 g/mol. The SMILES string of the molecule is COCCCC(NN)c1cc(C)c(OC)cc1C. The first-order valence-corrected chi connectivity index (χ1v) is 6.24. The third-order valence-electron chi connectivity index (χ3n) is 3.20. The molecule has 0 aliphatic rings. The summed E-state index contributed by atoms with van der Waals surface area (Å²) in [6.45, 7) is 4.88. The molecule has 4 heteroatoms. The first-order chi connectivity index (χ1) is 8.63. The Morgan fingerprint density at radius 3 is 2.50 bits per heavy atom. The molecule has 0 spiro atoms. The van der Waals surface area contributed by atoms with Gasteiger partial charge in [0.15, 0.2) is 0 Å². The summed E-state index contributed by atoms with van der Waals surface area (Å²) in [7, 11) is 3.41. The number of methoxy groups -OCH3 is 2. The normalized spacial score (nSPS) is 12.5. The first kappa shape index (κ1) is 15.0. The van der Waals surface area contributed by atoms with Gasteiger partial charge in [0.1, 0.15) is 5.75 Å². The average molecular weight is 252 g/mol. The summed E-state index contributed by atoms with van der Waals surface area (Å²) in [5, 5.41) is 0. The summed E-state index contributed by atoms with van der Waals surface area (Å²) in [5.74, 6) is 6.57. The molecule has 0 fully saturated rings. The van der Waals surface area contributed by atoms with E-state index in [9.17, 15) is 0 Å². The Hall–Kier alpha value is -1.10. The van der Waals surface area contributed by atoms with Gasteiger partial charge in [-0.1, -0.05) is 6.07 Å². The van der Waals surface area contributed by atoms with Gasteiger partial charge in [0.2, 0.25) is 0 Å². The first-order valence-electron chi connectivity index (χ1n) is 6.24. The van der Waals surface area contributed by atoms with Crippen molar-refractivity contribution in [2.75, 3.05) is 20.8 Å². The fourth-order valence-electron chi connectivity index (χ4n) is 2.17. The predicted molar refractivity (Wildman–Crippen MR) is 73.6 cm³/mol. The maximum Gasteiger partial charge on any atom is 0.122 e. The minimum Gasteiger partial charge on any atom is -0.496 e. The Morgan fingerprint density at radius 2 is 1.94 bits per heavy atom. The van der Waals surface area contributed by atoms with Gasteiger partial charge >= 0.3 is 0 Å². The lowest BCUT2D eigenvalue weighted by atomic mass is 9.95. The molecule has 1 aromatic carbocycles. The van der Waals surface area contributed by atoms with Crippen molar-refractivity contribution < 1.29 is 9.47 Å². The minimum atomic E-state index is 0.157. The summed E-state index contributed by atoms with van der Waals surface area (Å²) in [6, 6.07) is 4.36. The van der Waals surface area contributed by atoms with Gasteiger partial charge < -0.3 is 9.47 Å². The largest absolute Gasteiger partial charge is 0.496 e. The van der Waals surface area contributed by atoms with Crippen LogP contribution in [0.15, 0.2) is 12.1 Å². The Balaban J connectivity index is 2.88. The lowest BCUT2D eigenvalue weighted by Crippen LogP contribution is -2.28.